The number of carbonyl (C=O) groups is 2. The van der Waals surface area contributed by atoms with Crippen LogP contribution in [0, 0.1) is 0 Å². The topological polar surface area (TPSA) is 66.8 Å². The number of rotatable bonds is 3. The Morgan fingerprint density at radius 2 is 2.29 bits per heavy atom. The van der Waals surface area contributed by atoms with Crippen LogP contribution in [0.5, 0.6) is 0 Å². The maximum absolute atomic E-state index is 11.4. The van der Waals surface area contributed by atoms with Gasteiger partial charge in [-0.05, 0) is 12.7 Å². The van der Waals surface area contributed by atoms with Crippen molar-refractivity contribution in [3.05, 3.63) is 0 Å². The van der Waals surface area contributed by atoms with Crippen LogP contribution >= 0.6 is 12.6 Å². The Morgan fingerprint density at radius 3 is 2.79 bits per heavy atom. The largest absolute Gasteiger partial charge is 0.480 e. The average Bonchev–Trinajstić information content (AvgIpc) is 2.47. The average molecular weight is 219 g/mol. The molecule has 1 N–H and O–H groups in total. The molecule has 0 bridgehead atoms. The SMILES string of the molecule is C[C@H]1OCN(C(=O)CCS)[C@@H]1C(=O)O. The maximum atomic E-state index is 11.4. The van der Waals surface area contributed by atoms with Crippen molar-refractivity contribution in [3.63, 3.8) is 0 Å². The van der Waals surface area contributed by atoms with Crippen LogP contribution in [0.4, 0.5) is 0 Å². The highest BCUT2D eigenvalue weighted by Crippen LogP contribution is 2.18. The molecule has 0 saturated carbocycles. The van der Waals surface area contributed by atoms with Gasteiger partial charge in [0.25, 0.3) is 0 Å². The van der Waals surface area contributed by atoms with Gasteiger partial charge in [-0.3, -0.25) is 4.79 Å². The highest BCUT2D eigenvalue weighted by molar-refractivity contribution is 7.80. The molecule has 1 amide bonds. The van der Waals surface area contributed by atoms with E-state index in [0.717, 1.165) is 0 Å². The Bertz CT molecular complexity index is 245. The summed E-state index contributed by atoms with van der Waals surface area (Å²) in [7, 11) is 0. The van der Waals surface area contributed by atoms with E-state index in [4.69, 9.17) is 9.84 Å². The number of thiol groups is 1. The van der Waals surface area contributed by atoms with E-state index in [1.54, 1.807) is 6.92 Å². The fourth-order valence-electron chi connectivity index (χ4n) is 1.42. The van der Waals surface area contributed by atoms with E-state index < -0.39 is 18.1 Å². The molecule has 0 aromatic rings. The summed E-state index contributed by atoms with van der Waals surface area (Å²) in [4.78, 5) is 23.5. The quantitative estimate of drug-likeness (QED) is 0.654. The fourth-order valence-corrected chi connectivity index (χ4v) is 1.61. The van der Waals surface area contributed by atoms with E-state index in [1.165, 1.54) is 4.90 Å². The van der Waals surface area contributed by atoms with Gasteiger partial charge in [-0.15, -0.1) is 0 Å². The van der Waals surface area contributed by atoms with Crippen LogP contribution in [-0.4, -0.2) is 46.5 Å². The summed E-state index contributed by atoms with van der Waals surface area (Å²) in [6.45, 7) is 1.71. The number of aliphatic carboxylic acids is 1. The van der Waals surface area contributed by atoms with Crippen LogP contribution in [0.25, 0.3) is 0 Å². The molecule has 1 aliphatic heterocycles. The fraction of sp³-hybridized carbons (Fsp3) is 0.750. The lowest BCUT2D eigenvalue weighted by Crippen LogP contribution is -2.44. The zero-order chi connectivity index (χ0) is 10.7. The second-order valence-corrected chi connectivity index (χ2v) is 3.57. The predicted molar refractivity (Wildman–Crippen MR) is 52.2 cm³/mol. The lowest BCUT2D eigenvalue weighted by molar-refractivity contribution is -0.148. The van der Waals surface area contributed by atoms with E-state index in [0.29, 0.717) is 5.75 Å². The molecule has 0 aliphatic carbocycles. The first-order valence-corrected chi connectivity index (χ1v) is 4.96. The van der Waals surface area contributed by atoms with Crippen LogP contribution in [0.1, 0.15) is 13.3 Å². The zero-order valence-electron chi connectivity index (χ0n) is 7.84. The molecule has 1 saturated heterocycles. The molecule has 1 heterocycles. The number of carbonyl (C=O) groups excluding carboxylic acids is 1. The molecule has 0 aromatic heterocycles. The minimum absolute atomic E-state index is 0.0603. The van der Waals surface area contributed by atoms with Crippen molar-refractivity contribution < 1.29 is 19.4 Å². The van der Waals surface area contributed by atoms with Crippen LogP contribution < -0.4 is 0 Å². The van der Waals surface area contributed by atoms with E-state index in [2.05, 4.69) is 12.6 Å². The van der Waals surface area contributed by atoms with Gasteiger partial charge in [0.15, 0.2) is 6.04 Å². The second-order valence-electron chi connectivity index (χ2n) is 3.12. The number of hydrogen-bond acceptors (Lipinski definition) is 4. The maximum Gasteiger partial charge on any atom is 0.329 e. The smallest absolute Gasteiger partial charge is 0.329 e. The molecule has 5 nitrogen and oxygen atoms in total. The number of carboxylic acid groups (broad SMARTS) is 1. The molecule has 1 aliphatic rings. The highest BCUT2D eigenvalue weighted by atomic mass is 32.1. The standard InChI is InChI=1S/C8H13NO4S/c1-5-7(8(11)12)9(4-13-5)6(10)2-3-14/h5,7,14H,2-4H2,1H3,(H,11,12)/t5-,7+/m1/s1. The van der Waals surface area contributed by atoms with Crippen molar-refractivity contribution in [1.82, 2.24) is 4.90 Å². The third kappa shape index (κ3) is 2.19. The van der Waals surface area contributed by atoms with Crippen LogP contribution in [0.2, 0.25) is 0 Å². The number of ether oxygens (including phenoxy) is 1. The molecule has 0 unspecified atom stereocenters. The molecule has 6 heteroatoms. The number of hydrogen-bond donors (Lipinski definition) is 2. The van der Waals surface area contributed by atoms with Gasteiger partial charge in [-0.1, -0.05) is 0 Å². The Balaban J connectivity index is 2.69. The van der Waals surface area contributed by atoms with Crippen molar-refractivity contribution in [1.29, 1.82) is 0 Å². The van der Waals surface area contributed by atoms with E-state index in [9.17, 15) is 9.59 Å². The molecular weight excluding hydrogens is 206 g/mol. The normalized spacial score (nSPS) is 26.6. The highest BCUT2D eigenvalue weighted by Gasteiger charge is 2.40. The third-order valence-corrected chi connectivity index (χ3v) is 2.38. The van der Waals surface area contributed by atoms with Gasteiger partial charge in [0.2, 0.25) is 5.91 Å². The molecule has 1 fully saturated rings. The molecule has 0 radical (unpaired) electrons. The van der Waals surface area contributed by atoms with E-state index >= 15 is 0 Å². The number of nitrogens with zero attached hydrogens (tertiary/aromatic N) is 1. The van der Waals surface area contributed by atoms with Crippen molar-refractivity contribution >= 4 is 24.5 Å². The molecule has 2 atom stereocenters. The van der Waals surface area contributed by atoms with Gasteiger partial charge in [-0.2, -0.15) is 12.6 Å². The van der Waals surface area contributed by atoms with Crippen LogP contribution in [0.3, 0.4) is 0 Å². The summed E-state index contributed by atoms with van der Waals surface area (Å²) in [6, 6.07) is -0.859. The first-order valence-electron chi connectivity index (χ1n) is 4.32. The van der Waals surface area contributed by atoms with Gasteiger partial charge in [0, 0.05) is 6.42 Å². The van der Waals surface area contributed by atoms with Gasteiger partial charge in [-0.25, -0.2) is 4.79 Å². The first-order chi connectivity index (χ1) is 6.57. The molecule has 0 aromatic carbocycles. The Kier molecular flexibility index (Phi) is 3.77. The van der Waals surface area contributed by atoms with Gasteiger partial charge >= 0.3 is 5.97 Å². The summed E-state index contributed by atoms with van der Waals surface area (Å²) < 4.78 is 5.11. The summed E-state index contributed by atoms with van der Waals surface area (Å²) >= 11 is 3.92. The van der Waals surface area contributed by atoms with Crippen molar-refractivity contribution in [3.8, 4) is 0 Å². The number of amides is 1. The summed E-state index contributed by atoms with van der Waals surface area (Å²) in [5, 5.41) is 8.88. The molecule has 14 heavy (non-hydrogen) atoms. The van der Waals surface area contributed by atoms with Gasteiger partial charge in [0.05, 0.1) is 6.10 Å². The lowest BCUT2D eigenvalue weighted by Gasteiger charge is -2.20. The zero-order valence-corrected chi connectivity index (χ0v) is 8.74. The molecule has 0 spiro atoms. The second kappa shape index (κ2) is 4.65. The number of carboxylic acids is 1. The van der Waals surface area contributed by atoms with Gasteiger partial charge < -0.3 is 14.7 Å². The summed E-state index contributed by atoms with van der Waals surface area (Å²) in [5.74, 6) is -0.838. The van der Waals surface area contributed by atoms with Gasteiger partial charge in [0.1, 0.15) is 6.73 Å². The Hall–Kier alpha value is -0.750. The Labute approximate surface area is 87.4 Å². The van der Waals surface area contributed by atoms with E-state index in [1.807, 2.05) is 0 Å². The van der Waals surface area contributed by atoms with Crippen LogP contribution in [0.15, 0.2) is 0 Å². The summed E-state index contributed by atoms with van der Waals surface area (Å²) in [5.41, 5.74) is 0. The summed E-state index contributed by atoms with van der Waals surface area (Å²) in [6.07, 6.45) is -0.209. The predicted octanol–water partition coefficient (Wildman–Crippen LogP) is -0.0357. The molecule has 80 valence electrons. The molecular formula is C8H13NO4S. The Morgan fingerprint density at radius 1 is 1.64 bits per heavy atom. The minimum Gasteiger partial charge on any atom is -0.480 e. The lowest BCUT2D eigenvalue weighted by atomic mass is 10.1. The van der Waals surface area contributed by atoms with E-state index in [-0.39, 0.29) is 19.1 Å². The first kappa shape index (κ1) is 11.3. The van der Waals surface area contributed by atoms with Crippen LogP contribution in [-0.2, 0) is 14.3 Å². The minimum atomic E-state index is -1.03. The monoisotopic (exact) mass is 219 g/mol. The third-order valence-electron chi connectivity index (χ3n) is 2.16. The molecule has 1 rings (SSSR count). The van der Waals surface area contributed by atoms with Crippen molar-refractivity contribution in [2.45, 2.75) is 25.5 Å². The van der Waals surface area contributed by atoms with Crippen molar-refractivity contribution in [2.75, 3.05) is 12.5 Å². The van der Waals surface area contributed by atoms with Crippen molar-refractivity contribution in [2.24, 2.45) is 0 Å².